The molecule has 40 heavy (non-hydrogen) atoms. The second-order valence-electron chi connectivity index (χ2n) is 9.56. The number of carboxylic acid groups (broad SMARTS) is 1. The van der Waals surface area contributed by atoms with Crippen LogP contribution in [-0.2, 0) is 10.2 Å². The van der Waals surface area contributed by atoms with Gasteiger partial charge in [-0.1, -0.05) is 6.07 Å². The van der Waals surface area contributed by atoms with E-state index in [-0.39, 0.29) is 23.5 Å². The van der Waals surface area contributed by atoms with E-state index in [4.69, 9.17) is 19.4 Å². The third-order valence-corrected chi connectivity index (χ3v) is 7.30. The Morgan fingerprint density at radius 2 is 1.75 bits per heavy atom. The molecule has 1 heterocycles. The molecule has 3 unspecified atom stereocenters. The molecule has 0 bridgehead atoms. The minimum Gasteiger partial charge on any atom is -0.493 e. The second kappa shape index (κ2) is 12.2. The van der Waals surface area contributed by atoms with Gasteiger partial charge in [0.1, 0.15) is 11.6 Å². The number of fused-ring (bicyclic) bond motifs is 1. The summed E-state index contributed by atoms with van der Waals surface area (Å²) in [5.74, 6) is -4.09. The van der Waals surface area contributed by atoms with Gasteiger partial charge in [-0.05, 0) is 63.0 Å². The predicted octanol–water partition coefficient (Wildman–Crippen LogP) is 5.07. The number of rotatable bonds is 5. The first-order chi connectivity index (χ1) is 18.7. The Morgan fingerprint density at radius 3 is 2.35 bits per heavy atom. The minimum atomic E-state index is -5.08. The molecule has 1 aliphatic carbocycles. The molecule has 1 aliphatic heterocycles. The SMILES string of the molecule is COc1ccc(C23CCC(NC(=O)Nc4cc(F)ccc4F)CC2N(C)CC3)c(F)c1OC.O=C(O)C(F)(F)F. The lowest BCUT2D eigenvalue weighted by molar-refractivity contribution is -0.192. The zero-order valence-electron chi connectivity index (χ0n) is 21.9. The Hall–Kier alpha value is -3.68. The summed E-state index contributed by atoms with van der Waals surface area (Å²) in [4.78, 5) is 23.5. The number of aliphatic carboxylic acids is 1. The number of amides is 2. The summed E-state index contributed by atoms with van der Waals surface area (Å²) < 4.78 is 85.0. The minimum absolute atomic E-state index is 0.00458. The fourth-order valence-corrected chi connectivity index (χ4v) is 5.43. The van der Waals surface area contributed by atoms with Gasteiger partial charge in [-0.2, -0.15) is 13.2 Å². The average Bonchev–Trinajstić information content (AvgIpc) is 3.22. The maximum atomic E-state index is 15.5. The van der Waals surface area contributed by atoms with E-state index in [0.29, 0.717) is 30.6 Å². The number of likely N-dealkylation sites (tertiary alicyclic amines) is 1. The Morgan fingerprint density at radius 1 is 1.07 bits per heavy atom. The van der Waals surface area contributed by atoms with Crippen molar-refractivity contribution in [1.82, 2.24) is 10.2 Å². The first kappa shape index (κ1) is 30.9. The van der Waals surface area contributed by atoms with Gasteiger partial charge in [-0.3, -0.25) is 0 Å². The number of carboxylic acids is 1. The van der Waals surface area contributed by atoms with Crippen molar-refractivity contribution in [3.8, 4) is 11.5 Å². The van der Waals surface area contributed by atoms with Crippen molar-refractivity contribution in [2.24, 2.45) is 0 Å². The van der Waals surface area contributed by atoms with Gasteiger partial charge in [0.15, 0.2) is 17.3 Å². The molecule has 4 rings (SSSR count). The number of methoxy groups -OCH3 is 2. The predicted molar refractivity (Wildman–Crippen MR) is 132 cm³/mol. The number of urea groups is 1. The first-order valence-corrected chi connectivity index (χ1v) is 12.2. The number of benzene rings is 2. The number of hydrogen-bond acceptors (Lipinski definition) is 5. The van der Waals surface area contributed by atoms with Gasteiger partial charge in [0.25, 0.3) is 0 Å². The Kier molecular flexibility index (Phi) is 9.44. The number of carbonyl (C=O) groups excluding carboxylic acids is 1. The lowest BCUT2D eigenvalue weighted by Crippen LogP contribution is -2.52. The van der Waals surface area contributed by atoms with Gasteiger partial charge in [-0.15, -0.1) is 0 Å². The molecule has 2 aromatic rings. The maximum absolute atomic E-state index is 15.5. The van der Waals surface area contributed by atoms with Gasteiger partial charge in [0.05, 0.1) is 19.9 Å². The van der Waals surface area contributed by atoms with Crippen LogP contribution in [0.25, 0.3) is 0 Å². The smallest absolute Gasteiger partial charge is 0.490 e. The van der Waals surface area contributed by atoms with Gasteiger partial charge in [0.2, 0.25) is 0 Å². The molecule has 2 aliphatic rings. The van der Waals surface area contributed by atoms with E-state index in [1.807, 2.05) is 7.05 Å². The summed E-state index contributed by atoms with van der Waals surface area (Å²) in [6.07, 6.45) is -2.41. The molecule has 220 valence electrons. The third-order valence-electron chi connectivity index (χ3n) is 7.30. The standard InChI is InChI=1S/C24H28F3N3O3.C2HF3O2/c1-30-11-10-24(16-5-7-19(32-2)22(33-3)21(16)27)9-8-15(13-20(24)30)28-23(31)29-18-12-14(25)4-6-17(18)26;3-2(4,5)1(6)7/h4-7,12,15,20H,8-11,13H2,1-3H3,(H2,28,29,31);(H,6,7). The molecule has 0 spiro atoms. The topological polar surface area (TPSA) is 100 Å². The quantitative estimate of drug-likeness (QED) is 0.430. The molecule has 3 N–H and O–H groups in total. The van der Waals surface area contributed by atoms with Crippen molar-refractivity contribution >= 4 is 17.7 Å². The van der Waals surface area contributed by atoms with Gasteiger partial charge in [-0.25, -0.2) is 22.8 Å². The van der Waals surface area contributed by atoms with Crippen molar-refractivity contribution in [3.63, 3.8) is 0 Å². The molecule has 14 heteroatoms. The Balaban J connectivity index is 0.000000559. The summed E-state index contributed by atoms with van der Waals surface area (Å²) >= 11 is 0. The van der Waals surface area contributed by atoms with Gasteiger partial charge < -0.3 is 30.1 Å². The number of anilines is 1. The van der Waals surface area contributed by atoms with Crippen LogP contribution >= 0.6 is 0 Å². The maximum Gasteiger partial charge on any atom is 0.490 e. The monoisotopic (exact) mass is 577 g/mol. The van der Waals surface area contributed by atoms with Crippen molar-refractivity contribution in [3.05, 3.63) is 53.3 Å². The van der Waals surface area contributed by atoms with Crippen LogP contribution in [0.15, 0.2) is 30.3 Å². The normalized spacial score (nSPS) is 22.4. The van der Waals surface area contributed by atoms with Crippen LogP contribution in [0, 0.1) is 17.5 Å². The molecule has 0 aromatic heterocycles. The molecule has 0 radical (unpaired) electrons. The van der Waals surface area contributed by atoms with E-state index in [1.165, 1.54) is 14.2 Å². The Bertz CT molecular complexity index is 1240. The zero-order valence-corrected chi connectivity index (χ0v) is 21.9. The summed E-state index contributed by atoms with van der Waals surface area (Å²) in [6, 6.07) is 5.59. The highest BCUT2D eigenvalue weighted by molar-refractivity contribution is 5.89. The summed E-state index contributed by atoms with van der Waals surface area (Å²) in [5, 5.41) is 12.4. The number of hydrogen-bond donors (Lipinski definition) is 3. The number of alkyl halides is 3. The molecule has 1 saturated carbocycles. The number of carbonyl (C=O) groups is 2. The first-order valence-electron chi connectivity index (χ1n) is 12.2. The fourth-order valence-electron chi connectivity index (χ4n) is 5.43. The number of nitrogens with zero attached hydrogens (tertiary/aromatic N) is 1. The molecular formula is C26H29F6N3O5. The highest BCUT2D eigenvalue weighted by Gasteiger charge is 2.52. The molecule has 2 amide bonds. The number of nitrogens with one attached hydrogen (secondary N) is 2. The summed E-state index contributed by atoms with van der Waals surface area (Å²) in [5.41, 5.74) is -0.0379. The van der Waals surface area contributed by atoms with Crippen molar-refractivity contribution in [2.45, 2.75) is 49.4 Å². The molecule has 3 atom stereocenters. The molecule has 1 saturated heterocycles. The molecule has 2 fully saturated rings. The van der Waals surface area contributed by atoms with Crippen LogP contribution in [0.4, 0.5) is 36.8 Å². The summed E-state index contributed by atoms with van der Waals surface area (Å²) in [7, 11) is 4.89. The lowest BCUT2D eigenvalue weighted by Gasteiger charge is -2.45. The van der Waals surface area contributed by atoms with Crippen LogP contribution in [0.1, 0.15) is 31.2 Å². The van der Waals surface area contributed by atoms with Crippen LogP contribution < -0.4 is 20.1 Å². The number of likely N-dealkylation sites (N-methyl/N-ethyl adjacent to an activating group) is 1. The van der Waals surface area contributed by atoms with Gasteiger partial charge in [0, 0.05) is 23.6 Å². The van der Waals surface area contributed by atoms with E-state index in [2.05, 4.69) is 15.5 Å². The van der Waals surface area contributed by atoms with E-state index < -0.39 is 41.0 Å². The van der Waals surface area contributed by atoms with Crippen molar-refractivity contribution in [1.29, 1.82) is 0 Å². The fraction of sp³-hybridized carbons (Fsp3) is 0.462. The largest absolute Gasteiger partial charge is 0.493 e. The van der Waals surface area contributed by atoms with Crippen molar-refractivity contribution in [2.75, 3.05) is 33.1 Å². The van der Waals surface area contributed by atoms with E-state index in [9.17, 15) is 26.7 Å². The number of ether oxygens (including phenoxy) is 2. The van der Waals surface area contributed by atoms with Crippen LogP contribution in [-0.4, -0.2) is 68.1 Å². The third kappa shape index (κ3) is 6.54. The lowest BCUT2D eigenvalue weighted by atomic mass is 9.65. The Labute approximate surface area is 226 Å². The molecule has 8 nitrogen and oxygen atoms in total. The number of halogens is 6. The van der Waals surface area contributed by atoms with Gasteiger partial charge >= 0.3 is 18.2 Å². The zero-order chi connectivity index (χ0) is 29.8. The van der Waals surface area contributed by atoms with Crippen LogP contribution in [0.3, 0.4) is 0 Å². The summed E-state index contributed by atoms with van der Waals surface area (Å²) in [6.45, 7) is 0.797. The van der Waals surface area contributed by atoms with E-state index in [0.717, 1.165) is 31.2 Å². The average molecular weight is 578 g/mol. The molecular weight excluding hydrogens is 548 g/mol. The van der Waals surface area contributed by atoms with E-state index in [1.54, 1.807) is 12.1 Å². The van der Waals surface area contributed by atoms with Crippen LogP contribution in [0.2, 0.25) is 0 Å². The molecule has 2 aromatic carbocycles. The van der Waals surface area contributed by atoms with Crippen LogP contribution in [0.5, 0.6) is 11.5 Å². The van der Waals surface area contributed by atoms with E-state index >= 15 is 4.39 Å². The van der Waals surface area contributed by atoms with Crippen molar-refractivity contribution < 1.29 is 50.5 Å². The second-order valence-corrected chi connectivity index (χ2v) is 9.56. The highest BCUT2D eigenvalue weighted by atomic mass is 19.4. The highest BCUT2D eigenvalue weighted by Crippen LogP contribution is 2.51.